The zero-order valence-corrected chi connectivity index (χ0v) is 15.1. The highest BCUT2D eigenvalue weighted by molar-refractivity contribution is 7.86. The molecule has 0 amide bonds. The van der Waals surface area contributed by atoms with E-state index in [-0.39, 0.29) is 17.6 Å². The maximum Gasteiger partial charge on any atom is 0.297 e. The van der Waals surface area contributed by atoms with E-state index in [2.05, 4.69) is 17.0 Å². The first kappa shape index (κ1) is 18.1. The largest absolute Gasteiger partial charge is 0.373 e. The maximum atomic E-state index is 12.3. The molecule has 25 heavy (non-hydrogen) atoms. The molecule has 0 N–H and O–H groups in total. The van der Waals surface area contributed by atoms with Crippen LogP contribution < -0.4 is 0 Å². The van der Waals surface area contributed by atoms with Gasteiger partial charge in [-0.2, -0.15) is 8.42 Å². The lowest BCUT2D eigenvalue weighted by molar-refractivity contribution is -0.0495. The molecule has 0 aliphatic carbocycles. The van der Waals surface area contributed by atoms with Gasteiger partial charge in [-0.3, -0.25) is 9.08 Å². The van der Waals surface area contributed by atoms with Crippen molar-refractivity contribution in [1.82, 2.24) is 4.90 Å². The van der Waals surface area contributed by atoms with Crippen molar-refractivity contribution in [1.29, 1.82) is 0 Å². The summed E-state index contributed by atoms with van der Waals surface area (Å²) in [4.78, 5) is 2.43. The second kappa shape index (κ2) is 8.10. The zero-order chi connectivity index (χ0) is 17.7. The number of morpholine rings is 1. The first-order chi connectivity index (χ1) is 12.0. The molecule has 2 aromatic carbocycles. The van der Waals surface area contributed by atoms with Gasteiger partial charge in [0.2, 0.25) is 0 Å². The Hall–Kier alpha value is -1.73. The number of aryl methyl sites for hydroxylation is 1. The van der Waals surface area contributed by atoms with Crippen LogP contribution in [0.2, 0.25) is 0 Å². The van der Waals surface area contributed by atoms with Gasteiger partial charge >= 0.3 is 0 Å². The summed E-state index contributed by atoms with van der Waals surface area (Å²) in [5, 5.41) is 0. The molecule has 1 heterocycles. The Bertz CT molecular complexity index is 775. The van der Waals surface area contributed by atoms with Gasteiger partial charge in [-0.1, -0.05) is 48.0 Å². The van der Waals surface area contributed by atoms with E-state index in [0.717, 1.165) is 18.7 Å². The summed E-state index contributed by atoms with van der Waals surface area (Å²) in [5.74, 6) is 0. The van der Waals surface area contributed by atoms with Crippen LogP contribution in [0.1, 0.15) is 11.1 Å². The molecule has 0 bridgehead atoms. The number of benzene rings is 2. The zero-order valence-electron chi connectivity index (χ0n) is 14.3. The molecule has 0 spiro atoms. The number of hydrogen-bond donors (Lipinski definition) is 0. The van der Waals surface area contributed by atoms with Crippen LogP contribution in [0.15, 0.2) is 59.5 Å². The fourth-order valence-corrected chi connectivity index (χ4v) is 3.74. The maximum absolute atomic E-state index is 12.3. The van der Waals surface area contributed by atoms with Crippen LogP contribution in [0.3, 0.4) is 0 Å². The number of ether oxygens (including phenoxy) is 1. The Morgan fingerprint density at radius 3 is 2.56 bits per heavy atom. The molecule has 1 aliphatic heterocycles. The van der Waals surface area contributed by atoms with Gasteiger partial charge in [0.15, 0.2) is 0 Å². The van der Waals surface area contributed by atoms with E-state index in [9.17, 15) is 8.42 Å². The minimum absolute atomic E-state index is 0.0293. The van der Waals surface area contributed by atoms with E-state index in [1.165, 1.54) is 5.56 Å². The van der Waals surface area contributed by atoms with Gasteiger partial charge in [0.1, 0.15) is 0 Å². The summed E-state index contributed by atoms with van der Waals surface area (Å²) in [6.07, 6.45) is -0.252. The molecule has 1 aliphatic rings. The van der Waals surface area contributed by atoms with Crippen molar-refractivity contribution in [2.45, 2.75) is 24.5 Å². The molecule has 0 radical (unpaired) electrons. The normalized spacial score (nSPS) is 19.0. The summed E-state index contributed by atoms with van der Waals surface area (Å²) >= 11 is 0. The molecule has 2 aromatic rings. The van der Waals surface area contributed by atoms with Gasteiger partial charge in [0.05, 0.1) is 24.2 Å². The third-order valence-electron chi connectivity index (χ3n) is 4.19. The van der Waals surface area contributed by atoms with Gasteiger partial charge in [-0.05, 0) is 24.6 Å². The minimum Gasteiger partial charge on any atom is -0.373 e. The van der Waals surface area contributed by atoms with E-state index in [1.54, 1.807) is 24.3 Å². The van der Waals surface area contributed by atoms with Crippen LogP contribution in [0.25, 0.3) is 0 Å². The fraction of sp³-hybridized carbons (Fsp3) is 0.368. The molecule has 134 valence electrons. The van der Waals surface area contributed by atoms with Crippen molar-refractivity contribution in [2.75, 3.05) is 26.3 Å². The first-order valence-corrected chi connectivity index (χ1v) is 9.78. The second-order valence-electron chi connectivity index (χ2n) is 6.27. The number of rotatable bonds is 6. The molecule has 1 unspecified atom stereocenters. The molecule has 6 heteroatoms. The quantitative estimate of drug-likeness (QED) is 0.740. The third-order valence-corrected chi connectivity index (χ3v) is 5.49. The predicted molar refractivity (Wildman–Crippen MR) is 95.8 cm³/mol. The predicted octanol–water partition coefficient (Wildman–Crippen LogP) is 2.60. The van der Waals surface area contributed by atoms with Crippen LogP contribution in [-0.4, -0.2) is 45.7 Å². The standard InChI is InChI=1S/C19H23NO4S/c1-16-7-9-19(10-8-16)25(21,22)24-15-18-14-20(11-12-23-18)13-17-5-3-2-4-6-17/h2-10,18H,11-15H2,1H3. The molecule has 0 saturated carbocycles. The molecule has 3 rings (SSSR count). The molecule has 1 atom stereocenters. The van der Waals surface area contributed by atoms with Crippen LogP contribution in [0.5, 0.6) is 0 Å². The minimum atomic E-state index is -3.75. The average Bonchev–Trinajstić information content (AvgIpc) is 2.62. The first-order valence-electron chi connectivity index (χ1n) is 8.37. The lowest BCUT2D eigenvalue weighted by Gasteiger charge is -2.32. The van der Waals surface area contributed by atoms with E-state index in [1.807, 2.05) is 25.1 Å². The van der Waals surface area contributed by atoms with Crippen molar-refractivity contribution in [2.24, 2.45) is 0 Å². The third kappa shape index (κ3) is 5.12. The summed E-state index contributed by atoms with van der Waals surface area (Å²) in [6, 6.07) is 16.8. The van der Waals surface area contributed by atoms with Crippen LogP contribution in [-0.2, 0) is 25.6 Å². The van der Waals surface area contributed by atoms with E-state index >= 15 is 0 Å². The lowest BCUT2D eigenvalue weighted by atomic mass is 10.2. The lowest BCUT2D eigenvalue weighted by Crippen LogP contribution is -2.44. The summed E-state index contributed by atoms with van der Waals surface area (Å²) in [6.45, 7) is 4.82. The average molecular weight is 361 g/mol. The van der Waals surface area contributed by atoms with Crippen molar-refractivity contribution in [3.63, 3.8) is 0 Å². The molecule has 0 aromatic heterocycles. The highest BCUT2D eigenvalue weighted by atomic mass is 32.2. The van der Waals surface area contributed by atoms with Crippen LogP contribution in [0.4, 0.5) is 0 Å². The Kier molecular flexibility index (Phi) is 5.86. The van der Waals surface area contributed by atoms with Gasteiger partial charge in [0.25, 0.3) is 10.1 Å². The summed E-state index contributed by atoms with van der Waals surface area (Å²) < 4.78 is 35.4. The van der Waals surface area contributed by atoms with E-state index in [0.29, 0.717) is 13.2 Å². The molecular weight excluding hydrogens is 338 g/mol. The highest BCUT2D eigenvalue weighted by Gasteiger charge is 2.24. The molecule has 1 fully saturated rings. The van der Waals surface area contributed by atoms with Gasteiger partial charge in [-0.25, -0.2) is 0 Å². The fourth-order valence-electron chi connectivity index (χ4n) is 2.80. The molecule has 5 nitrogen and oxygen atoms in total. The van der Waals surface area contributed by atoms with E-state index < -0.39 is 10.1 Å². The number of nitrogens with zero attached hydrogens (tertiary/aromatic N) is 1. The van der Waals surface area contributed by atoms with Crippen LogP contribution >= 0.6 is 0 Å². The van der Waals surface area contributed by atoms with Gasteiger partial charge < -0.3 is 4.74 Å². The van der Waals surface area contributed by atoms with Crippen molar-refractivity contribution in [3.8, 4) is 0 Å². The Labute approximate surface area is 149 Å². The number of hydrogen-bond acceptors (Lipinski definition) is 5. The Balaban J connectivity index is 1.55. The Morgan fingerprint density at radius 1 is 1.12 bits per heavy atom. The monoisotopic (exact) mass is 361 g/mol. The second-order valence-corrected chi connectivity index (χ2v) is 7.88. The highest BCUT2D eigenvalue weighted by Crippen LogP contribution is 2.16. The van der Waals surface area contributed by atoms with Crippen molar-refractivity contribution < 1.29 is 17.3 Å². The topological polar surface area (TPSA) is 55.8 Å². The summed E-state index contributed by atoms with van der Waals surface area (Å²) in [7, 11) is -3.75. The SMILES string of the molecule is Cc1ccc(S(=O)(=O)OCC2CN(Cc3ccccc3)CCO2)cc1. The van der Waals surface area contributed by atoms with Crippen molar-refractivity contribution >= 4 is 10.1 Å². The van der Waals surface area contributed by atoms with Crippen molar-refractivity contribution in [3.05, 3.63) is 65.7 Å². The van der Waals surface area contributed by atoms with Crippen LogP contribution in [0, 0.1) is 6.92 Å². The molecule has 1 saturated heterocycles. The van der Waals surface area contributed by atoms with E-state index in [4.69, 9.17) is 8.92 Å². The smallest absolute Gasteiger partial charge is 0.297 e. The Morgan fingerprint density at radius 2 is 1.84 bits per heavy atom. The van der Waals surface area contributed by atoms with Gasteiger partial charge in [-0.15, -0.1) is 0 Å². The summed E-state index contributed by atoms with van der Waals surface area (Å²) in [5.41, 5.74) is 2.24. The van der Waals surface area contributed by atoms with Gasteiger partial charge in [0, 0.05) is 19.6 Å². The molecular formula is C19H23NO4S.